The van der Waals surface area contributed by atoms with Crippen molar-refractivity contribution in [1.29, 1.82) is 0 Å². The lowest BCUT2D eigenvalue weighted by Gasteiger charge is -2.08. The third kappa shape index (κ3) is 5.49. The summed E-state index contributed by atoms with van der Waals surface area (Å²) < 4.78 is 13.7. The minimum absolute atomic E-state index is 0.254. The number of aryl methyl sites for hydroxylation is 1. The monoisotopic (exact) mass is 378 g/mol. The van der Waals surface area contributed by atoms with Crippen molar-refractivity contribution in [2.45, 2.75) is 19.9 Å². The summed E-state index contributed by atoms with van der Waals surface area (Å²) >= 11 is 3.38. The molecule has 2 N–H and O–H groups in total. The van der Waals surface area contributed by atoms with Crippen molar-refractivity contribution >= 4 is 33.4 Å². The second kappa shape index (κ2) is 7.87. The molecule has 4 nitrogen and oxygen atoms in total. The Bertz CT molecular complexity index is 717. The SMILES string of the molecule is Cc1cc(NC(=O)CC(=O)NCc2ccc(F)cc2)ccc1Br. The third-order valence-corrected chi connectivity index (χ3v) is 4.06. The van der Waals surface area contributed by atoms with Gasteiger partial charge in [-0.25, -0.2) is 4.39 Å². The number of carbonyl (C=O) groups excluding carboxylic acids is 2. The minimum atomic E-state index is -0.388. The van der Waals surface area contributed by atoms with Crippen LogP contribution in [0.5, 0.6) is 0 Å². The molecule has 0 spiro atoms. The van der Waals surface area contributed by atoms with Gasteiger partial charge in [-0.2, -0.15) is 0 Å². The molecule has 0 saturated carbocycles. The molecule has 2 aromatic rings. The average Bonchev–Trinajstić information content (AvgIpc) is 2.50. The molecular formula is C17H16BrFN2O2. The first kappa shape index (κ1) is 17.1. The summed E-state index contributed by atoms with van der Waals surface area (Å²) in [6.45, 7) is 2.17. The summed E-state index contributed by atoms with van der Waals surface area (Å²) in [7, 11) is 0. The van der Waals surface area contributed by atoms with Crippen LogP contribution in [0.3, 0.4) is 0 Å². The van der Waals surface area contributed by atoms with Crippen LogP contribution in [0.25, 0.3) is 0 Å². The van der Waals surface area contributed by atoms with Crippen molar-refractivity contribution < 1.29 is 14.0 Å². The maximum Gasteiger partial charge on any atom is 0.233 e. The summed E-state index contributed by atoms with van der Waals surface area (Å²) in [5.74, 6) is -1.10. The van der Waals surface area contributed by atoms with Crippen molar-refractivity contribution in [2.24, 2.45) is 0 Å². The molecule has 2 rings (SSSR count). The molecule has 0 saturated heterocycles. The fourth-order valence-electron chi connectivity index (χ4n) is 1.94. The highest BCUT2D eigenvalue weighted by molar-refractivity contribution is 9.10. The highest BCUT2D eigenvalue weighted by Crippen LogP contribution is 2.20. The van der Waals surface area contributed by atoms with Crippen molar-refractivity contribution in [2.75, 3.05) is 5.32 Å². The van der Waals surface area contributed by atoms with Crippen LogP contribution in [0.1, 0.15) is 17.5 Å². The zero-order valence-electron chi connectivity index (χ0n) is 12.5. The van der Waals surface area contributed by atoms with Crippen LogP contribution < -0.4 is 10.6 Å². The van der Waals surface area contributed by atoms with Crippen LogP contribution in [-0.4, -0.2) is 11.8 Å². The third-order valence-electron chi connectivity index (χ3n) is 3.17. The average molecular weight is 379 g/mol. The molecule has 2 amide bonds. The Morgan fingerprint density at radius 1 is 1.09 bits per heavy atom. The molecule has 0 radical (unpaired) electrons. The van der Waals surface area contributed by atoms with E-state index in [2.05, 4.69) is 26.6 Å². The standard InChI is InChI=1S/C17H16BrFN2O2/c1-11-8-14(6-7-15(11)18)21-17(23)9-16(22)20-10-12-2-4-13(19)5-3-12/h2-8H,9-10H2,1H3,(H,20,22)(H,21,23). The highest BCUT2D eigenvalue weighted by atomic mass is 79.9. The van der Waals surface area contributed by atoms with Gasteiger partial charge < -0.3 is 10.6 Å². The smallest absolute Gasteiger partial charge is 0.233 e. The van der Waals surface area contributed by atoms with Gasteiger partial charge in [0.1, 0.15) is 12.2 Å². The molecule has 0 atom stereocenters. The quantitative estimate of drug-likeness (QED) is 0.781. The fourth-order valence-corrected chi connectivity index (χ4v) is 2.19. The second-order valence-electron chi connectivity index (χ2n) is 5.09. The van der Waals surface area contributed by atoms with Crippen LogP contribution in [-0.2, 0) is 16.1 Å². The fraction of sp³-hybridized carbons (Fsp3) is 0.176. The van der Waals surface area contributed by atoms with E-state index in [0.29, 0.717) is 5.69 Å². The van der Waals surface area contributed by atoms with Gasteiger partial charge in [0.25, 0.3) is 0 Å². The number of carbonyl (C=O) groups is 2. The Hall–Kier alpha value is -2.21. The van der Waals surface area contributed by atoms with Gasteiger partial charge in [0, 0.05) is 16.7 Å². The summed E-state index contributed by atoms with van der Waals surface area (Å²) in [4.78, 5) is 23.6. The molecule has 0 unspecified atom stereocenters. The Balaban J connectivity index is 1.81. The van der Waals surface area contributed by atoms with Crippen LogP contribution in [0.2, 0.25) is 0 Å². The van der Waals surface area contributed by atoms with Gasteiger partial charge >= 0.3 is 0 Å². The number of hydrogen-bond donors (Lipinski definition) is 2. The first-order valence-electron chi connectivity index (χ1n) is 7.01. The van der Waals surface area contributed by atoms with E-state index in [0.717, 1.165) is 15.6 Å². The van der Waals surface area contributed by atoms with E-state index in [1.165, 1.54) is 12.1 Å². The number of amides is 2. The lowest BCUT2D eigenvalue weighted by atomic mass is 10.2. The molecule has 120 valence electrons. The normalized spacial score (nSPS) is 10.2. The maximum atomic E-state index is 12.8. The van der Waals surface area contributed by atoms with E-state index < -0.39 is 0 Å². The van der Waals surface area contributed by atoms with Crippen LogP contribution >= 0.6 is 15.9 Å². The topological polar surface area (TPSA) is 58.2 Å². The van der Waals surface area contributed by atoms with Crippen molar-refractivity contribution in [3.63, 3.8) is 0 Å². The predicted molar refractivity (Wildman–Crippen MR) is 90.4 cm³/mol. The van der Waals surface area contributed by atoms with Crippen LogP contribution in [0.4, 0.5) is 10.1 Å². The maximum absolute atomic E-state index is 12.8. The van der Waals surface area contributed by atoms with Gasteiger partial charge in [-0.1, -0.05) is 28.1 Å². The predicted octanol–water partition coefficient (Wildman–Crippen LogP) is 3.54. The van der Waals surface area contributed by atoms with Gasteiger partial charge in [-0.05, 0) is 48.4 Å². The largest absolute Gasteiger partial charge is 0.352 e. The number of anilines is 1. The second-order valence-corrected chi connectivity index (χ2v) is 5.95. The molecule has 2 aromatic carbocycles. The van der Waals surface area contributed by atoms with Crippen LogP contribution in [0.15, 0.2) is 46.9 Å². The number of hydrogen-bond acceptors (Lipinski definition) is 2. The molecule has 23 heavy (non-hydrogen) atoms. The number of nitrogens with one attached hydrogen (secondary N) is 2. The van der Waals surface area contributed by atoms with E-state index in [9.17, 15) is 14.0 Å². The number of benzene rings is 2. The zero-order chi connectivity index (χ0) is 16.8. The van der Waals surface area contributed by atoms with E-state index in [-0.39, 0.29) is 30.6 Å². The molecule has 0 heterocycles. The molecule has 0 aliphatic rings. The summed E-state index contributed by atoms with van der Waals surface area (Å²) in [6, 6.07) is 11.2. The summed E-state index contributed by atoms with van der Waals surface area (Å²) in [6.07, 6.45) is -0.268. The molecule has 0 aliphatic heterocycles. The summed E-state index contributed by atoms with van der Waals surface area (Å²) in [5, 5.41) is 5.30. The number of halogens is 2. The molecule has 0 bridgehead atoms. The highest BCUT2D eigenvalue weighted by Gasteiger charge is 2.10. The molecular weight excluding hydrogens is 363 g/mol. The van der Waals surface area contributed by atoms with Crippen molar-refractivity contribution in [3.05, 3.63) is 63.9 Å². The lowest BCUT2D eigenvalue weighted by Crippen LogP contribution is -2.27. The lowest BCUT2D eigenvalue weighted by molar-refractivity contribution is -0.126. The molecule has 0 aromatic heterocycles. The van der Waals surface area contributed by atoms with E-state index in [4.69, 9.17) is 0 Å². The van der Waals surface area contributed by atoms with Gasteiger partial charge in [0.05, 0.1) is 0 Å². The molecule has 6 heteroatoms. The Labute approximate surface area is 142 Å². The first-order valence-corrected chi connectivity index (χ1v) is 7.80. The zero-order valence-corrected chi connectivity index (χ0v) is 14.1. The van der Waals surface area contributed by atoms with Gasteiger partial charge in [0.2, 0.25) is 11.8 Å². The van der Waals surface area contributed by atoms with Gasteiger partial charge in [-0.3, -0.25) is 9.59 Å². The van der Waals surface area contributed by atoms with Crippen molar-refractivity contribution in [1.82, 2.24) is 5.32 Å². The number of rotatable bonds is 5. The van der Waals surface area contributed by atoms with Gasteiger partial charge in [-0.15, -0.1) is 0 Å². The van der Waals surface area contributed by atoms with E-state index >= 15 is 0 Å². The van der Waals surface area contributed by atoms with Crippen LogP contribution in [0, 0.1) is 12.7 Å². The Morgan fingerprint density at radius 3 is 2.43 bits per heavy atom. The molecule has 0 aliphatic carbocycles. The minimum Gasteiger partial charge on any atom is -0.352 e. The molecule has 0 fully saturated rings. The summed E-state index contributed by atoms with van der Waals surface area (Å²) in [5.41, 5.74) is 2.40. The van der Waals surface area contributed by atoms with E-state index in [1.54, 1.807) is 18.2 Å². The first-order chi connectivity index (χ1) is 10.9. The van der Waals surface area contributed by atoms with Gasteiger partial charge in [0.15, 0.2) is 0 Å². The van der Waals surface area contributed by atoms with E-state index in [1.807, 2.05) is 19.1 Å². The van der Waals surface area contributed by atoms with Crippen molar-refractivity contribution in [3.8, 4) is 0 Å². The Morgan fingerprint density at radius 2 is 1.78 bits per heavy atom. The Kier molecular flexibility index (Phi) is 5.87.